The normalized spacial score (nSPS) is 10.8. The maximum atomic E-state index is 10.6. The fourth-order valence-electron chi connectivity index (χ4n) is 2.93. The van der Waals surface area contributed by atoms with Gasteiger partial charge >= 0.3 is 5.97 Å². The number of carboxylic acid groups (broad SMARTS) is 1. The van der Waals surface area contributed by atoms with E-state index in [2.05, 4.69) is 4.98 Å². The Morgan fingerprint density at radius 1 is 1.20 bits per heavy atom. The highest BCUT2D eigenvalue weighted by Gasteiger charge is 2.12. The van der Waals surface area contributed by atoms with Gasteiger partial charge < -0.3 is 19.2 Å². The van der Waals surface area contributed by atoms with Gasteiger partial charge in [0.05, 0.1) is 18.1 Å². The molecule has 0 spiro atoms. The Bertz CT molecular complexity index is 983. The molecule has 3 aromatic rings. The van der Waals surface area contributed by atoms with Crippen molar-refractivity contribution in [2.75, 3.05) is 31.4 Å². The van der Waals surface area contributed by atoms with Gasteiger partial charge in [0.1, 0.15) is 11.5 Å². The van der Waals surface area contributed by atoms with Gasteiger partial charge in [0.15, 0.2) is 0 Å². The number of benzene rings is 2. The smallest absolute Gasteiger partial charge is 0.313 e. The topological polar surface area (TPSA) is 75.8 Å². The summed E-state index contributed by atoms with van der Waals surface area (Å²) in [7, 11) is 4.01. The summed E-state index contributed by atoms with van der Waals surface area (Å²) in [5, 5.41) is 8.74. The molecule has 0 amide bonds. The molecule has 30 heavy (non-hydrogen) atoms. The van der Waals surface area contributed by atoms with E-state index in [9.17, 15) is 4.79 Å². The summed E-state index contributed by atoms with van der Waals surface area (Å²) in [5.74, 6) is 2.11. The predicted molar refractivity (Wildman–Crippen MR) is 120 cm³/mol. The number of nitrogens with zero attached hydrogens (tertiary/aromatic N) is 2. The number of aryl methyl sites for hydroxylation is 1. The average molecular weight is 427 g/mol. The van der Waals surface area contributed by atoms with E-state index in [0.29, 0.717) is 24.7 Å². The zero-order chi connectivity index (χ0) is 21.5. The highest BCUT2D eigenvalue weighted by atomic mass is 32.2. The maximum Gasteiger partial charge on any atom is 0.313 e. The molecule has 0 unspecified atom stereocenters. The highest BCUT2D eigenvalue weighted by Crippen LogP contribution is 2.25. The molecule has 0 aliphatic heterocycles. The summed E-state index contributed by atoms with van der Waals surface area (Å²) >= 11 is 1.37. The Morgan fingerprint density at radius 3 is 2.67 bits per heavy atom. The Balaban J connectivity index is 1.56. The first-order chi connectivity index (χ1) is 14.4. The van der Waals surface area contributed by atoms with Gasteiger partial charge in [-0.2, -0.15) is 0 Å². The second kappa shape index (κ2) is 10.2. The third kappa shape index (κ3) is 6.03. The minimum atomic E-state index is -0.802. The molecule has 0 atom stereocenters. The lowest BCUT2D eigenvalue weighted by Crippen LogP contribution is -2.07. The molecule has 1 aromatic heterocycles. The molecule has 0 radical (unpaired) electrons. The van der Waals surface area contributed by atoms with Crippen molar-refractivity contribution in [2.45, 2.75) is 19.1 Å². The van der Waals surface area contributed by atoms with Gasteiger partial charge in [-0.05, 0) is 48.9 Å². The van der Waals surface area contributed by atoms with Gasteiger partial charge in [-0.1, -0.05) is 12.1 Å². The lowest BCUT2D eigenvalue weighted by atomic mass is 10.2. The van der Waals surface area contributed by atoms with Crippen LogP contribution in [0.25, 0.3) is 11.5 Å². The van der Waals surface area contributed by atoms with Crippen molar-refractivity contribution < 1.29 is 19.1 Å². The summed E-state index contributed by atoms with van der Waals surface area (Å²) in [6.45, 7) is 2.40. The first-order valence-electron chi connectivity index (χ1n) is 9.67. The van der Waals surface area contributed by atoms with Gasteiger partial charge in [0, 0.05) is 37.5 Å². The van der Waals surface area contributed by atoms with E-state index >= 15 is 0 Å². The van der Waals surface area contributed by atoms with Crippen LogP contribution < -0.4 is 9.64 Å². The third-order valence-corrected chi connectivity index (χ3v) is 5.51. The molecule has 1 heterocycles. The van der Waals surface area contributed by atoms with Crippen molar-refractivity contribution in [1.29, 1.82) is 0 Å². The Kier molecular flexibility index (Phi) is 7.41. The summed E-state index contributed by atoms with van der Waals surface area (Å²) in [6.07, 6.45) is 0.642. The molecule has 2 aromatic carbocycles. The number of ether oxygens (including phenoxy) is 1. The summed E-state index contributed by atoms with van der Waals surface area (Å²) in [4.78, 5) is 17.3. The number of hydrogen-bond acceptors (Lipinski definition) is 6. The predicted octanol–water partition coefficient (Wildman–Crippen LogP) is 4.66. The zero-order valence-corrected chi connectivity index (χ0v) is 18.2. The van der Waals surface area contributed by atoms with Crippen LogP contribution in [0.5, 0.6) is 5.75 Å². The minimum absolute atomic E-state index is 0.0940. The largest absolute Gasteiger partial charge is 0.493 e. The van der Waals surface area contributed by atoms with Crippen LogP contribution in [0.4, 0.5) is 5.69 Å². The number of rotatable bonds is 10. The van der Waals surface area contributed by atoms with Gasteiger partial charge in [0.25, 0.3) is 0 Å². The first kappa shape index (κ1) is 21.8. The Labute approximate surface area is 180 Å². The van der Waals surface area contributed by atoms with E-state index < -0.39 is 5.97 Å². The first-order valence-corrected chi connectivity index (χ1v) is 10.8. The molecule has 0 fully saturated rings. The molecule has 158 valence electrons. The van der Waals surface area contributed by atoms with Crippen LogP contribution in [-0.2, 0) is 17.0 Å². The SMILES string of the molecule is Cc1oc(-c2ccc(N(C)C)cc2)nc1CCOc1cccc(CSCC(=O)O)c1. The van der Waals surface area contributed by atoms with Crippen LogP contribution in [0.3, 0.4) is 0 Å². The second-order valence-corrected chi connectivity index (χ2v) is 8.08. The molecular weight excluding hydrogens is 400 g/mol. The molecule has 0 bridgehead atoms. The van der Waals surface area contributed by atoms with Crippen molar-refractivity contribution in [3.8, 4) is 17.2 Å². The fraction of sp³-hybridized carbons (Fsp3) is 0.304. The Morgan fingerprint density at radius 2 is 1.97 bits per heavy atom. The lowest BCUT2D eigenvalue weighted by molar-refractivity contribution is -0.133. The van der Waals surface area contributed by atoms with E-state index in [1.54, 1.807) is 0 Å². The van der Waals surface area contributed by atoms with Crippen LogP contribution in [0.2, 0.25) is 0 Å². The number of aromatic nitrogens is 1. The second-order valence-electron chi connectivity index (χ2n) is 7.10. The Hall–Kier alpha value is -2.93. The summed E-state index contributed by atoms with van der Waals surface area (Å²) in [5.41, 5.74) is 4.00. The van der Waals surface area contributed by atoms with Crippen molar-refractivity contribution in [3.05, 3.63) is 65.5 Å². The van der Waals surface area contributed by atoms with Crippen molar-refractivity contribution in [1.82, 2.24) is 4.98 Å². The number of anilines is 1. The molecule has 6 nitrogen and oxygen atoms in total. The van der Waals surface area contributed by atoms with Crippen molar-refractivity contribution in [3.63, 3.8) is 0 Å². The van der Waals surface area contributed by atoms with E-state index in [1.165, 1.54) is 11.8 Å². The molecule has 3 rings (SSSR count). The van der Waals surface area contributed by atoms with Crippen molar-refractivity contribution >= 4 is 23.4 Å². The van der Waals surface area contributed by atoms with Crippen LogP contribution in [0.15, 0.2) is 52.9 Å². The van der Waals surface area contributed by atoms with E-state index in [4.69, 9.17) is 14.3 Å². The average Bonchev–Trinajstić information content (AvgIpc) is 3.09. The molecule has 0 aliphatic carbocycles. The number of carboxylic acids is 1. The van der Waals surface area contributed by atoms with E-state index in [-0.39, 0.29) is 5.75 Å². The van der Waals surface area contributed by atoms with Gasteiger partial charge in [0.2, 0.25) is 5.89 Å². The summed E-state index contributed by atoms with van der Waals surface area (Å²) < 4.78 is 11.7. The van der Waals surface area contributed by atoms with Crippen molar-refractivity contribution in [2.24, 2.45) is 0 Å². The molecular formula is C23H26N2O4S. The molecule has 0 saturated heterocycles. The number of aliphatic carboxylic acids is 1. The minimum Gasteiger partial charge on any atom is -0.493 e. The number of hydrogen-bond donors (Lipinski definition) is 1. The maximum absolute atomic E-state index is 10.6. The van der Waals surface area contributed by atoms with Crippen LogP contribution in [-0.4, -0.2) is 42.5 Å². The lowest BCUT2D eigenvalue weighted by Gasteiger charge is -2.11. The van der Waals surface area contributed by atoms with Gasteiger partial charge in [-0.25, -0.2) is 4.98 Å². The molecule has 7 heteroatoms. The van der Waals surface area contributed by atoms with Crippen LogP contribution in [0.1, 0.15) is 17.0 Å². The summed E-state index contributed by atoms with van der Waals surface area (Å²) in [6, 6.07) is 15.8. The fourth-order valence-corrected chi connectivity index (χ4v) is 3.62. The van der Waals surface area contributed by atoms with Gasteiger partial charge in [-0.15, -0.1) is 11.8 Å². The van der Waals surface area contributed by atoms with Crippen LogP contribution >= 0.6 is 11.8 Å². The number of thioether (sulfide) groups is 1. The monoisotopic (exact) mass is 426 g/mol. The van der Waals surface area contributed by atoms with E-state index in [1.807, 2.05) is 74.4 Å². The molecule has 0 aliphatic rings. The highest BCUT2D eigenvalue weighted by molar-refractivity contribution is 7.99. The zero-order valence-electron chi connectivity index (χ0n) is 17.4. The van der Waals surface area contributed by atoms with E-state index in [0.717, 1.165) is 34.0 Å². The molecule has 0 saturated carbocycles. The standard InChI is InChI=1S/C23H26N2O4S/c1-16-21(24-23(29-16)18-7-9-19(10-8-18)25(2)3)11-12-28-20-6-4-5-17(13-20)14-30-15-22(26)27/h4-10,13H,11-12,14-15H2,1-3H3,(H,26,27). The molecule has 1 N–H and O–H groups in total. The van der Waals surface area contributed by atoms with Crippen LogP contribution in [0, 0.1) is 6.92 Å². The number of carbonyl (C=O) groups is 1. The number of oxazole rings is 1. The third-order valence-electron chi connectivity index (χ3n) is 4.52. The quantitative estimate of drug-likeness (QED) is 0.505. The van der Waals surface area contributed by atoms with Gasteiger partial charge in [-0.3, -0.25) is 4.79 Å².